The number of hydrogen-bond donors (Lipinski definition) is 0. The van der Waals surface area contributed by atoms with Gasteiger partial charge in [0.25, 0.3) is 5.91 Å². The fourth-order valence-corrected chi connectivity index (χ4v) is 2.89. The summed E-state index contributed by atoms with van der Waals surface area (Å²) in [5.41, 5.74) is 0.494. The molecular weight excluding hydrogens is 280 g/mol. The Hall–Kier alpha value is -0.440. The molecule has 1 unspecified atom stereocenters. The number of amides is 1. The van der Waals surface area contributed by atoms with E-state index in [1.54, 1.807) is 23.1 Å². The van der Waals surface area contributed by atoms with Crippen LogP contribution in [0.15, 0.2) is 18.2 Å². The summed E-state index contributed by atoms with van der Waals surface area (Å²) in [6.45, 7) is 0.745. The smallest absolute Gasteiger partial charge is 0.255 e. The SMILES string of the molecule is O=C(c1ccc(Cl)cc1Cl)N1CCCC1CCl. The van der Waals surface area contributed by atoms with Gasteiger partial charge in [-0.05, 0) is 31.0 Å². The van der Waals surface area contributed by atoms with E-state index >= 15 is 0 Å². The van der Waals surface area contributed by atoms with Crippen LogP contribution in [0.3, 0.4) is 0 Å². The topological polar surface area (TPSA) is 20.3 Å². The third kappa shape index (κ3) is 2.70. The number of carbonyl (C=O) groups is 1. The van der Waals surface area contributed by atoms with Gasteiger partial charge in [0.05, 0.1) is 10.6 Å². The van der Waals surface area contributed by atoms with E-state index < -0.39 is 0 Å². The van der Waals surface area contributed by atoms with Crippen molar-refractivity contribution >= 4 is 40.7 Å². The van der Waals surface area contributed by atoms with Crippen molar-refractivity contribution in [1.29, 1.82) is 0 Å². The summed E-state index contributed by atoms with van der Waals surface area (Å²) in [5.74, 6) is 0.409. The van der Waals surface area contributed by atoms with Crippen LogP contribution in [0, 0.1) is 0 Å². The van der Waals surface area contributed by atoms with Crippen molar-refractivity contribution in [3.63, 3.8) is 0 Å². The first-order chi connectivity index (χ1) is 8.13. The van der Waals surface area contributed by atoms with Gasteiger partial charge < -0.3 is 4.90 Å². The van der Waals surface area contributed by atoms with Gasteiger partial charge in [-0.1, -0.05) is 23.2 Å². The molecule has 1 fully saturated rings. The lowest BCUT2D eigenvalue weighted by Crippen LogP contribution is -2.36. The van der Waals surface area contributed by atoms with Crippen LogP contribution < -0.4 is 0 Å². The maximum absolute atomic E-state index is 12.3. The maximum Gasteiger partial charge on any atom is 0.255 e. The molecular formula is C12H12Cl3NO. The molecule has 0 saturated carbocycles. The van der Waals surface area contributed by atoms with Crippen molar-refractivity contribution in [1.82, 2.24) is 4.90 Å². The lowest BCUT2D eigenvalue weighted by atomic mass is 10.2. The van der Waals surface area contributed by atoms with Crippen LogP contribution in [-0.2, 0) is 0 Å². The first-order valence-corrected chi connectivity index (χ1v) is 6.74. The predicted octanol–water partition coefficient (Wildman–Crippen LogP) is 3.84. The molecule has 1 amide bonds. The minimum Gasteiger partial charge on any atom is -0.334 e. The van der Waals surface area contributed by atoms with E-state index in [4.69, 9.17) is 34.8 Å². The quantitative estimate of drug-likeness (QED) is 0.759. The first-order valence-electron chi connectivity index (χ1n) is 5.45. The molecule has 0 radical (unpaired) electrons. The molecule has 92 valence electrons. The summed E-state index contributed by atoms with van der Waals surface area (Å²) < 4.78 is 0. The van der Waals surface area contributed by atoms with Crippen LogP contribution in [0.2, 0.25) is 10.0 Å². The lowest BCUT2D eigenvalue weighted by molar-refractivity contribution is 0.0749. The van der Waals surface area contributed by atoms with Gasteiger partial charge in [-0.15, -0.1) is 11.6 Å². The van der Waals surface area contributed by atoms with Crippen LogP contribution in [0.4, 0.5) is 0 Å². The zero-order valence-corrected chi connectivity index (χ0v) is 11.4. The van der Waals surface area contributed by atoms with Crippen LogP contribution in [0.5, 0.6) is 0 Å². The van der Waals surface area contributed by atoms with Gasteiger partial charge in [0, 0.05) is 23.5 Å². The second-order valence-corrected chi connectivity index (χ2v) is 5.23. The third-order valence-electron chi connectivity index (χ3n) is 2.98. The molecule has 17 heavy (non-hydrogen) atoms. The van der Waals surface area contributed by atoms with Gasteiger partial charge >= 0.3 is 0 Å². The molecule has 1 saturated heterocycles. The minimum absolute atomic E-state index is 0.0604. The van der Waals surface area contributed by atoms with E-state index in [-0.39, 0.29) is 11.9 Å². The van der Waals surface area contributed by atoms with Gasteiger partial charge in [0.2, 0.25) is 0 Å². The Morgan fingerprint density at radius 3 is 2.82 bits per heavy atom. The van der Waals surface area contributed by atoms with Gasteiger partial charge in [0.1, 0.15) is 0 Å². The van der Waals surface area contributed by atoms with Crippen molar-refractivity contribution in [3.8, 4) is 0 Å². The number of halogens is 3. The molecule has 0 aromatic heterocycles. The predicted molar refractivity (Wildman–Crippen MR) is 71.2 cm³/mol. The molecule has 1 heterocycles. The number of rotatable bonds is 2. The standard InChI is InChI=1S/C12H12Cl3NO/c13-7-9-2-1-5-16(9)12(17)10-4-3-8(14)6-11(10)15/h3-4,6,9H,1-2,5,7H2. The molecule has 2 rings (SSSR count). The highest BCUT2D eigenvalue weighted by Crippen LogP contribution is 2.26. The number of hydrogen-bond acceptors (Lipinski definition) is 1. The average molecular weight is 293 g/mol. The molecule has 0 bridgehead atoms. The Bertz CT molecular complexity index is 436. The third-order valence-corrected chi connectivity index (χ3v) is 3.88. The Morgan fingerprint density at radius 1 is 1.41 bits per heavy atom. The van der Waals surface area contributed by atoms with Crippen LogP contribution >= 0.6 is 34.8 Å². The summed E-state index contributed by atoms with van der Waals surface area (Å²) in [6, 6.07) is 5.04. The van der Waals surface area contributed by atoms with E-state index in [2.05, 4.69) is 0 Å². The molecule has 0 spiro atoms. The summed E-state index contributed by atoms with van der Waals surface area (Å²) in [7, 11) is 0. The van der Waals surface area contributed by atoms with Gasteiger partial charge in [-0.3, -0.25) is 4.79 Å². The van der Waals surface area contributed by atoms with Crippen molar-refractivity contribution in [2.45, 2.75) is 18.9 Å². The fourth-order valence-electron chi connectivity index (χ4n) is 2.08. The van der Waals surface area contributed by atoms with Crippen molar-refractivity contribution in [3.05, 3.63) is 33.8 Å². The van der Waals surface area contributed by atoms with Crippen molar-refractivity contribution in [2.24, 2.45) is 0 Å². The molecule has 0 aliphatic carbocycles. The second kappa shape index (κ2) is 5.47. The Balaban J connectivity index is 2.24. The Morgan fingerprint density at radius 2 is 2.18 bits per heavy atom. The fraction of sp³-hybridized carbons (Fsp3) is 0.417. The Labute approximate surface area is 115 Å². The molecule has 1 aromatic rings. The number of nitrogens with zero attached hydrogens (tertiary/aromatic N) is 1. The highest BCUT2D eigenvalue weighted by atomic mass is 35.5. The normalized spacial score (nSPS) is 19.7. The van der Waals surface area contributed by atoms with Crippen molar-refractivity contribution in [2.75, 3.05) is 12.4 Å². The number of alkyl halides is 1. The highest BCUT2D eigenvalue weighted by molar-refractivity contribution is 6.36. The lowest BCUT2D eigenvalue weighted by Gasteiger charge is -2.23. The molecule has 1 aromatic carbocycles. The number of likely N-dealkylation sites (tertiary alicyclic amines) is 1. The number of benzene rings is 1. The summed E-state index contributed by atoms with van der Waals surface area (Å²) in [5, 5.41) is 0.921. The monoisotopic (exact) mass is 291 g/mol. The zero-order valence-electron chi connectivity index (χ0n) is 9.13. The summed E-state index contributed by atoms with van der Waals surface area (Å²) in [6.07, 6.45) is 1.95. The van der Waals surface area contributed by atoms with E-state index in [1.807, 2.05) is 0 Å². The van der Waals surface area contributed by atoms with Crippen LogP contribution in [-0.4, -0.2) is 29.3 Å². The molecule has 0 N–H and O–H groups in total. The number of carbonyl (C=O) groups excluding carboxylic acids is 1. The first kappa shape index (κ1) is 13.0. The van der Waals surface area contributed by atoms with Gasteiger partial charge in [-0.25, -0.2) is 0 Å². The van der Waals surface area contributed by atoms with E-state index in [9.17, 15) is 4.79 Å². The minimum atomic E-state index is -0.0604. The van der Waals surface area contributed by atoms with Crippen LogP contribution in [0.25, 0.3) is 0 Å². The molecule has 5 heteroatoms. The van der Waals surface area contributed by atoms with E-state index in [0.29, 0.717) is 21.5 Å². The van der Waals surface area contributed by atoms with Crippen molar-refractivity contribution < 1.29 is 4.79 Å². The van der Waals surface area contributed by atoms with Gasteiger partial charge in [0.15, 0.2) is 0 Å². The van der Waals surface area contributed by atoms with Crippen LogP contribution in [0.1, 0.15) is 23.2 Å². The second-order valence-electron chi connectivity index (χ2n) is 4.07. The van der Waals surface area contributed by atoms with Gasteiger partial charge in [-0.2, -0.15) is 0 Å². The maximum atomic E-state index is 12.3. The summed E-state index contributed by atoms with van der Waals surface area (Å²) in [4.78, 5) is 14.1. The molecule has 2 nitrogen and oxygen atoms in total. The van der Waals surface area contributed by atoms with E-state index in [0.717, 1.165) is 19.4 Å². The van der Waals surface area contributed by atoms with E-state index in [1.165, 1.54) is 0 Å². The highest BCUT2D eigenvalue weighted by Gasteiger charge is 2.29. The largest absolute Gasteiger partial charge is 0.334 e. The molecule has 1 aliphatic rings. The summed E-state index contributed by atoms with van der Waals surface area (Å²) >= 11 is 17.7. The molecule has 1 aliphatic heterocycles. The average Bonchev–Trinajstić information content (AvgIpc) is 2.76. The Kier molecular flexibility index (Phi) is 4.18. The molecule has 1 atom stereocenters. The zero-order chi connectivity index (χ0) is 12.4.